The standard InChI is InChI=1S/C17H16ClN3O4S/c1-21(8-10-23-13-6-4-12(18)5-7-13)15(22)11-26-17-20-19-16(25-17)14-3-2-9-24-14/h2-7,9H,8,10-11H2,1H3. The van der Waals surface area contributed by atoms with Crippen LogP contribution in [0.4, 0.5) is 0 Å². The maximum absolute atomic E-state index is 12.2. The van der Waals surface area contributed by atoms with Crippen LogP contribution in [0, 0.1) is 0 Å². The number of hydrogen-bond acceptors (Lipinski definition) is 7. The van der Waals surface area contributed by atoms with Crippen LogP contribution in [0.15, 0.2) is 56.7 Å². The van der Waals surface area contributed by atoms with Crippen LogP contribution in [0.1, 0.15) is 0 Å². The zero-order valence-electron chi connectivity index (χ0n) is 13.9. The minimum absolute atomic E-state index is 0.0625. The van der Waals surface area contributed by atoms with E-state index in [0.717, 1.165) is 0 Å². The molecular weight excluding hydrogens is 378 g/mol. The molecule has 0 fully saturated rings. The Hall–Kier alpha value is -2.45. The molecule has 3 aromatic rings. The van der Waals surface area contributed by atoms with E-state index >= 15 is 0 Å². The van der Waals surface area contributed by atoms with Crippen molar-refractivity contribution in [2.45, 2.75) is 5.22 Å². The average molecular weight is 394 g/mol. The molecule has 2 aromatic heterocycles. The monoisotopic (exact) mass is 393 g/mol. The van der Waals surface area contributed by atoms with Gasteiger partial charge in [0.25, 0.3) is 11.1 Å². The predicted octanol–water partition coefficient (Wildman–Crippen LogP) is 3.61. The number of furan rings is 1. The van der Waals surface area contributed by atoms with E-state index in [1.54, 1.807) is 48.3 Å². The van der Waals surface area contributed by atoms with Crippen molar-refractivity contribution in [1.82, 2.24) is 15.1 Å². The molecule has 0 atom stereocenters. The summed E-state index contributed by atoms with van der Waals surface area (Å²) < 4.78 is 16.2. The van der Waals surface area contributed by atoms with Gasteiger partial charge in [-0.1, -0.05) is 23.4 Å². The predicted molar refractivity (Wildman–Crippen MR) is 97.3 cm³/mol. The molecule has 9 heteroatoms. The molecule has 0 bridgehead atoms. The van der Waals surface area contributed by atoms with E-state index in [9.17, 15) is 4.79 Å². The van der Waals surface area contributed by atoms with Crippen molar-refractivity contribution in [3.8, 4) is 17.4 Å². The third-order valence-electron chi connectivity index (χ3n) is 3.39. The first-order valence-electron chi connectivity index (χ1n) is 7.74. The van der Waals surface area contributed by atoms with E-state index in [1.807, 2.05) is 0 Å². The zero-order chi connectivity index (χ0) is 18.4. The Morgan fingerprint density at radius 3 is 2.81 bits per heavy atom. The van der Waals surface area contributed by atoms with E-state index in [2.05, 4.69) is 10.2 Å². The molecular formula is C17H16ClN3O4S. The minimum atomic E-state index is -0.0625. The molecule has 26 heavy (non-hydrogen) atoms. The number of benzene rings is 1. The van der Waals surface area contributed by atoms with Gasteiger partial charge >= 0.3 is 0 Å². The van der Waals surface area contributed by atoms with Gasteiger partial charge in [0, 0.05) is 12.1 Å². The Morgan fingerprint density at radius 2 is 2.08 bits per heavy atom. The highest BCUT2D eigenvalue weighted by molar-refractivity contribution is 7.99. The summed E-state index contributed by atoms with van der Waals surface area (Å²) in [4.78, 5) is 13.8. The number of amides is 1. The number of rotatable bonds is 8. The summed E-state index contributed by atoms with van der Waals surface area (Å²) in [6.07, 6.45) is 1.52. The number of ether oxygens (including phenoxy) is 1. The van der Waals surface area contributed by atoms with E-state index < -0.39 is 0 Å². The van der Waals surface area contributed by atoms with Gasteiger partial charge in [0.2, 0.25) is 5.91 Å². The molecule has 0 radical (unpaired) electrons. The first-order valence-corrected chi connectivity index (χ1v) is 9.10. The summed E-state index contributed by atoms with van der Waals surface area (Å²) in [5.41, 5.74) is 0. The average Bonchev–Trinajstić information content (AvgIpc) is 3.32. The largest absolute Gasteiger partial charge is 0.492 e. The molecule has 3 rings (SSSR count). The molecule has 0 aliphatic rings. The van der Waals surface area contributed by atoms with Gasteiger partial charge in [0.15, 0.2) is 5.76 Å². The molecule has 2 heterocycles. The quantitative estimate of drug-likeness (QED) is 0.540. The maximum atomic E-state index is 12.2. The van der Waals surface area contributed by atoms with Gasteiger partial charge in [0.1, 0.15) is 12.4 Å². The fourth-order valence-electron chi connectivity index (χ4n) is 1.96. The Morgan fingerprint density at radius 1 is 1.27 bits per heavy atom. The molecule has 0 aliphatic carbocycles. The number of carbonyl (C=O) groups excluding carboxylic acids is 1. The summed E-state index contributed by atoms with van der Waals surface area (Å²) >= 11 is 7.00. The highest BCUT2D eigenvalue weighted by Gasteiger charge is 2.14. The Bertz CT molecular complexity index is 836. The molecule has 0 aliphatic heterocycles. The summed E-state index contributed by atoms with van der Waals surface area (Å²) in [6.45, 7) is 0.848. The van der Waals surface area contributed by atoms with Crippen LogP contribution < -0.4 is 4.74 Å². The lowest BCUT2D eigenvalue weighted by Crippen LogP contribution is -2.32. The van der Waals surface area contributed by atoms with Gasteiger partial charge in [-0.15, -0.1) is 10.2 Å². The van der Waals surface area contributed by atoms with Gasteiger partial charge < -0.3 is 18.5 Å². The Labute approximate surface area is 159 Å². The molecule has 0 saturated carbocycles. The third kappa shape index (κ3) is 5.03. The fraction of sp³-hybridized carbons (Fsp3) is 0.235. The first kappa shape index (κ1) is 18.3. The lowest BCUT2D eigenvalue weighted by Gasteiger charge is -2.16. The first-order chi connectivity index (χ1) is 12.6. The molecule has 0 N–H and O–H groups in total. The molecule has 0 unspecified atom stereocenters. The second-order valence-corrected chi connectivity index (χ2v) is 6.62. The molecule has 0 spiro atoms. The van der Waals surface area contributed by atoms with Gasteiger partial charge in [-0.3, -0.25) is 4.79 Å². The number of carbonyl (C=O) groups is 1. The van der Waals surface area contributed by atoms with Crippen molar-refractivity contribution in [3.05, 3.63) is 47.7 Å². The maximum Gasteiger partial charge on any atom is 0.284 e. The molecule has 136 valence electrons. The molecule has 1 amide bonds. The minimum Gasteiger partial charge on any atom is -0.492 e. The van der Waals surface area contributed by atoms with Gasteiger partial charge in [-0.05, 0) is 36.4 Å². The van der Waals surface area contributed by atoms with Crippen molar-refractivity contribution in [2.24, 2.45) is 0 Å². The summed E-state index contributed by atoms with van der Waals surface area (Å²) in [5, 5.41) is 8.74. The van der Waals surface area contributed by atoms with E-state index in [4.69, 9.17) is 25.2 Å². The normalized spacial score (nSPS) is 10.7. The van der Waals surface area contributed by atoms with Crippen molar-refractivity contribution in [2.75, 3.05) is 26.0 Å². The summed E-state index contributed by atoms with van der Waals surface area (Å²) in [6, 6.07) is 10.5. The van der Waals surface area contributed by atoms with E-state index in [1.165, 1.54) is 18.0 Å². The molecule has 1 aromatic carbocycles. The van der Waals surface area contributed by atoms with Crippen LogP contribution in [-0.4, -0.2) is 47.0 Å². The van der Waals surface area contributed by atoms with Crippen LogP contribution in [0.2, 0.25) is 5.02 Å². The van der Waals surface area contributed by atoms with Crippen molar-refractivity contribution in [3.63, 3.8) is 0 Å². The Balaban J connectivity index is 1.40. The number of aromatic nitrogens is 2. The zero-order valence-corrected chi connectivity index (χ0v) is 15.5. The van der Waals surface area contributed by atoms with Crippen LogP contribution >= 0.6 is 23.4 Å². The van der Waals surface area contributed by atoms with Gasteiger partial charge in [-0.25, -0.2) is 0 Å². The molecule has 7 nitrogen and oxygen atoms in total. The number of hydrogen-bond donors (Lipinski definition) is 0. The molecule has 0 saturated heterocycles. The lowest BCUT2D eigenvalue weighted by atomic mass is 10.3. The fourth-order valence-corrected chi connectivity index (χ4v) is 2.79. The number of likely N-dealkylation sites (N-methyl/N-ethyl adjacent to an activating group) is 1. The van der Waals surface area contributed by atoms with Gasteiger partial charge in [0.05, 0.1) is 18.6 Å². The third-order valence-corrected chi connectivity index (χ3v) is 4.45. The van der Waals surface area contributed by atoms with Crippen molar-refractivity contribution < 1.29 is 18.4 Å². The number of nitrogens with zero attached hydrogens (tertiary/aromatic N) is 3. The topological polar surface area (TPSA) is 81.6 Å². The SMILES string of the molecule is CN(CCOc1ccc(Cl)cc1)C(=O)CSc1nnc(-c2ccco2)o1. The lowest BCUT2D eigenvalue weighted by molar-refractivity contribution is -0.127. The van der Waals surface area contributed by atoms with Gasteiger partial charge in [-0.2, -0.15) is 0 Å². The van der Waals surface area contributed by atoms with Crippen molar-refractivity contribution in [1.29, 1.82) is 0 Å². The van der Waals surface area contributed by atoms with Crippen LogP contribution in [-0.2, 0) is 4.79 Å². The number of thioether (sulfide) groups is 1. The van der Waals surface area contributed by atoms with Crippen LogP contribution in [0.25, 0.3) is 11.7 Å². The second-order valence-electron chi connectivity index (χ2n) is 5.26. The number of halogens is 1. The second kappa shape index (κ2) is 8.77. The van der Waals surface area contributed by atoms with E-state index in [-0.39, 0.29) is 17.6 Å². The van der Waals surface area contributed by atoms with Crippen LogP contribution in [0.5, 0.6) is 5.75 Å². The smallest absolute Gasteiger partial charge is 0.284 e. The highest BCUT2D eigenvalue weighted by Crippen LogP contribution is 2.23. The Kier molecular flexibility index (Phi) is 6.19. The van der Waals surface area contributed by atoms with Crippen LogP contribution in [0.3, 0.4) is 0 Å². The van der Waals surface area contributed by atoms with Crippen molar-refractivity contribution >= 4 is 29.3 Å². The highest BCUT2D eigenvalue weighted by atomic mass is 35.5. The summed E-state index contributed by atoms with van der Waals surface area (Å²) in [5.74, 6) is 1.62. The van der Waals surface area contributed by atoms with E-state index in [0.29, 0.717) is 34.9 Å². The summed E-state index contributed by atoms with van der Waals surface area (Å²) in [7, 11) is 1.72.